The third kappa shape index (κ3) is 2.19. The van der Waals surface area contributed by atoms with Gasteiger partial charge in [0.25, 0.3) is 5.91 Å². The zero-order valence-corrected chi connectivity index (χ0v) is 7.68. The minimum atomic E-state index is -0.796. The predicted octanol–water partition coefficient (Wildman–Crippen LogP) is 0.827. The second-order valence-corrected chi connectivity index (χ2v) is 3.09. The fraction of sp³-hybridized carbons (Fsp3) is 0.143. The van der Waals surface area contributed by atoms with Gasteiger partial charge >= 0.3 is 6.09 Å². The molecule has 3 N–H and O–H groups in total. The van der Waals surface area contributed by atoms with Crippen molar-refractivity contribution in [3.63, 3.8) is 0 Å². The molecular weight excluding hydrogens is 192 g/mol. The van der Waals surface area contributed by atoms with Crippen molar-refractivity contribution in [3.8, 4) is 0 Å². The van der Waals surface area contributed by atoms with Gasteiger partial charge in [0.05, 0.1) is 17.7 Å². The maximum atomic E-state index is 11.2. The van der Waals surface area contributed by atoms with Crippen molar-refractivity contribution in [1.29, 1.82) is 0 Å². The van der Waals surface area contributed by atoms with E-state index in [4.69, 9.17) is 5.73 Å². The fourth-order valence-electron chi connectivity index (χ4n) is 0.720. The first-order valence-electron chi connectivity index (χ1n) is 3.37. The van der Waals surface area contributed by atoms with Crippen molar-refractivity contribution in [1.82, 2.24) is 5.32 Å². The highest BCUT2D eigenvalue weighted by Gasteiger charge is 2.13. The lowest BCUT2D eigenvalue weighted by Gasteiger charge is -2.00. The second-order valence-electron chi connectivity index (χ2n) is 2.14. The molecule has 0 aliphatic rings. The summed E-state index contributed by atoms with van der Waals surface area (Å²) in [5, 5.41) is 4.04. The molecule has 0 aromatic carbocycles. The smallest absolute Gasteiger partial charge is 0.413 e. The Balaban J connectivity index is 2.69. The minimum Gasteiger partial charge on any atom is -0.453 e. The summed E-state index contributed by atoms with van der Waals surface area (Å²) in [7, 11) is 1.18. The lowest BCUT2D eigenvalue weighted by Crippen LogP contribution is -2.30. The Labute approximate surface area is 78.5 Å². The molecule has 0 radical (unpaired) electrons. The number of amides is 2. The number of hydrogen-bond donors (Lipinski definition) is 2. The quantitative estimate of drug-likeness (QED) is 0.703. The van der Waals surface area contributed by atoms with Gasteiger partial charge in [0.15, 0.2) is 0 Å². The second kappa shape index (κ2) is 3.90. The van der Waals surface area contributed by atoms with Crippen molar-refractivity contribution in [3.05, 3.63) is 17.0 Å². The topological polar surface area (TPSA) is 81.4 Å². The number of nitrogen functional groups attached to an aromatic ring is 1. The Morgan fingerprint density at radius 1 is 1.62 bits per heavy atom. The number of hydrogen-bond acceptors (Lipinski definition) is 5. The van der Waals surface area contributed by atoms with Crippen LogP contribution in [0, 0.1) is 0 Å². The first kappa shape index (κ1) is 9.53. The summed E-state index contributed by atoms with van der Waals surface area (Å²) >= 11 is 1.23. The molecule has 0 saturated heterocycles. The molecule has 0 fully saturated rings. The largest absolute Gasteiger partial charge is 0.453 e. The highest BCUT2D eigenvalue weighted by atomic mass is 32.1. The van der Waals surface area contributed by atoms with Crippen LogP contribution in [-0.2, 0) is 4.74 Å². The summed E-state index contributed by atoms with van der Waals surface area (Å²) in [4.78, 5) is 21.8. The van der Waals surface area contributed by atoms with Crippen LogP contribution in [0.5, 0.6) is 0 Å². The Morgan fingerprint density at radius 2 is 2.31 bits per heavy atom. The molecule has 1 aromatic heterocycles. The Morgan fingerprint density at radius 3 is 2.77 bits per heavy atom. The molecule has 2 amide bonds. The number of nitrogens with two attached hydrogens (primary N) is 1. The van der Waals surface area contributed by atoms with Crippen LogP contribution in [0.25, 0.3) is 0 Å². The van der Waals surface area contributed by atoms with Crippen LogP contribution in [0.1, 0.15) is 10.4 Å². The number of carbonyl (C=O) groups is 2. The summed E-state index contributed by atoms with van der Waals surface area (Å²) in [6, 6.07) is 1.54. The molecule has 0 aliphatic heterocycles. The monoisotopic (exact) mass is 200 g/mol. The summed E-state index contributed by atoms with van der Waals surface area (Å²) in [5.74, 6) is -0.550. The lowest BCUT2D eigenvalue weighted by atomic mass is 10.3. The van der Waals surface area contributed by atoms with Gasteiger partial charge in [-0.3, -0.25) is 10.1 Å². The molecule has 1 aromatic rings. The molecule has 0 atom stereocenters. The number of anilines is 1. The van der Waals surface area contributed by atoms with Crippen molar-refractivity contribution in [2.75, 3.05) is 12.8 Å². The van der Waals surface area contributed by atoms with Crippen LogP contribution in [0.3, 0.4) is 0 Å². The van der Waals surface area contributed by atoms with E-state index in [9.17, 15) is 9.59 Å². The number of nitrogens with one attached hydrogen (secondary N) is 1. The van der Waals surface area contributed by atoms with Crippen molar-refractivity contribution in [2.24, 2.45) is 0 Å². The fourth-order valence-corrected chi connectivity index (χ4v) is 1.36. The lowest BCUT2D eigenvalue weighted by molar-refractivity contribution is 0.0938. The highest BCUT2D eigenvalue weighted by Crippen LogP contribution is 2.18. The highest BCUT2D eigenvalue weighted by molar-refractivity contribution is 7.14. The van der Waals surface area contributed by atoms with Crippen molar-refractivity contribution in [2.45, 2.75) is 0 Å². The van der Waals surface area contributed by atoms with Gasteiger partial charge in [-0.05, 0) is 11.4 Å². The molecule has 0 bridgehead atoms. The Kier molecular flexibility index (Phi) is 2.86. The zero-order chi connectivity index (χ0) is 9.84. The van der Waals surface area contributed by atoms with Crippen LogP contribution in [-0.4, -0.2) is 19.1 Å². The van der Waals surface area contributed by atoms with E-state index in [1.807, 2.05) is 5.32 Å². The molecule has 0 spiro atoms. The minimum absolute atomic E-state index is 0.287. The SMILES string of the molecule is COC(=O)NC(=O)c1ccsc1N. The van der Waals surface area contributed by atoms with E-state index >= 15 is 0 Å². The summed E-state index contributed by atoms with van der Waals surface area (Å²) in [5.41, 5.74) is 5.75. The number of rotatable bonds is 1. The maximum absolute atomic E-state index is 11.2. The van der Waals surface area contributed by atoms with E-state index in [-0.39, 0.29) is 5.56 Å². The Hall–Kier alpha value is -1.56. The van der Waals surface area contributed by atoms with Crippen LogP contribution in [0.4, 0.5) is 9.80 Å². The van der Waals surface area contributed by atoms with E-state index in [1.54, 1.807) is 5.38 Å². The van der Waals surface area contributed by atoms with Gasteiger partial charge in [-0.2, -0.15) is 0 Å². The van der Waals surface area contributed by atoms with Crippen LogP contribution in [0.15, 0.2) is 11.4 Å². The van der Waals surface area contributed by atoms with Crippen LogP contribution < -0.4 is 11.1 Å². The predicted molar refractivity (Wildman–Crippen MR) is 48.6 cm³/mol. The van der Waals surface area contributed by atoms with Crippen molar-refractivity contribution >= 4 is 28.3 Å². The summed E-state index contributed by atoms with van der Waals surface area (Å²) in [6.45, 7) is 0. The molecule has 70 valence electrons. The third-order valence-electron chi connectivity index (χ3n) is 1.34. The molecule has 0 aliphatic carbocycles. The summed E-state index contributed by atoms with van der Waals surface area (Å²) in [6.07, 6.45) is -0.796. The first-order chi connectivity index (χ1) is 6.15. The average Bonchev–Trinajstić information content (AvgIpc) is 2.51. The molecule has 13 heavy (non-hydrogen) atoms. The number of alkyl carbamates (subject to hydrolysis) is 1. The molecule has 5 nitrogen and oxygen atoms in total. The summed E-state index contributed by atoms with van der Waals surface area (Å²) < 4.78 is 4.25. The van der Waals surface area contributed by atoms with Crippen LogP contribution >= 0.6 is 11.3 Å². The van der Waals surface area contributed by atoms with Crippen molar-refractivity contribution < 1.29 is 14.3 Å². The molecule has 0 saturated carbocycles. The molecule has 1 rings (SSSR count). The molecular formula is C7H8N2O3S. The molecule has 6 heteroatoms. The van der Waals surface area contributed by atoms with E-state index in [0.717, 1.165) is 0 Å². The Bertz CT molecular complexity index is 334. The van der Waals surface area contributed by atoms with Gasteiger partial charge in [-0.15, -0.1) is 11.3 Å². The number of imide groups is 1. The number of carbonyl (C=O) groups excluding carboxylic acids is 2. The zero-order valence-electron chi connectivity index (χ0n) is 6.87. The number of methoxy groups -OCH3 is 1. The van der Waals surface area contributed by atoms with Gasteiger partial charge in [0.1, 0.15) is 0 Å². The average molecular weight is 200 g/mol. The van der Waals surface area contributed by atoms with Gasteiger partial charge < -0.3 is 10.5 Å². The number of ether oxygens (including phenoxy) is 1. The normalized spacial score (nSPS) is 9.31. The van der Waals surface area contributed by atoms with Gasteiger partial charge in [-0.1, -0.05) is 0 Å². The standard InChI is InChI=1S/C7H8N2O3S/c1-12-7(11)9-6(10)4-2-3-13-5(4)8/h2-3H,8H2,1H3,(H,9,10,11). The maximum Gasteiger partial charge on any atom is 0.413 e. The first-order valence-corrected chi connectivity index (χ1v) is 4.25. The van der Waals surface area contributed by atoms with Gasteiger partial charge in [0.2, 0.25) is 0 Å². The molecule has 1 heterocycles. The molecule has 0 unspecified atom stereocenters. The van der Waals surface area contributed by atoms with E-state index in [1.165, 1.54) is 24.5 Å². The van der Waals surface area contributed by atoms with Crippen LogP contribution in [0.2, 0.25) is 0 Å². The third-order valence-corrected chi connectivity index (χ3v) is 2.09. The number of thiophene rings is 1. The van der Waals surface area contributed by atoms with Gasteiger partial charge in [0, 0.05) is 0 Å². The van der Waals surface area contributed by atoms with E-state index in [2.05, 4.69) is 4.74 Å². The van der Waals surface area contributed by atoms with E-state index in [0.29, 0.717) is 5.00 Å². The van der Waals surface area contributed by atoms with Gasteiger partial charge in [-0.25, -0.2) is 4.79 Å². The van der Waals surface area contributed by atoms with E-state index < -0.39 is 12.0 Å².